The number of anilines is 1. The summed E-state index contributed by atoms with van der Waals surface area (Å²) in [4.78, 5) is 6.76. The second-order valence-electron chi connectivity index (χ2n) is 4.88. The maximum absolute atomic E-state index is 5.78. The highest BCUT2D eigenvalue weighted by Crippen LogP contribution is 2.23. The third kappa shape index (κ3) is 1.82. The van der Waals surface area contributed by atoms with E-state index in [1.807, 2.05) is 23.7 Å². The molecule has 0 amide bonds. The van der Waals surface area contributed by atoms with Crippen molar-refractivity contribution in [1.29, 1.82) is 0 Å². The first-order valence-corrected chi connectivity index (χ1v) is 6.41. The average Bonchev–Trinajstić information content (AvgIpc) is 2.81. The molecule has 1 atom stereocenters. The van der Waals surface area contributed by atoms with Crippen molar-refractivity contribution in [3.05, 3.63) is 18.2 Å². The summed E-state index contributed by atoms with van der Waals surface area (Å²) >= 11 is 0. The quantitative estimate of drug-likeness (QED) is 0.840. The van der Waals surface area contributed by atoms with Gasteiger partial charge in [-0.3, -0.25) is 4.40 Å². The minimum absolute atomic E-state index is 0.560. The molecule has 2 aromatic heterocycles. The maximum atomic E-state index is 5.78. The van der Waals surface area contributed by atoms with Gasteiger partial charge in [0.05, 0.1) is 0 Å². The van der Waals surface area contributed by atoms with E-state index in [9.17, 15) is 0 Å². The lowest BCUT2D eigenvalue weighted by atomic mass is 9.98. The smallest absolute Gasteiger partial charge is 0.203 e. The Kier molecular flexibility index (Phi) is 2.87. The van der Waals surface area contributed by atoms with E-state index in [-0.39, 0.29) is 0 Å². The van der Waals surface area contributed by atoms with Crippen molar-refractivity contribution in [1.82, 2.24) is 19.6 Å². The lowest BCUT2D eigenvalue weighted by Gasteiger charge is -2.32. The number of hydrogen-bond acceptors (Lipinski definition) is 5. The first-order valence-electron chi connectivity index (χ1n) is 6.41. The highest BCUT2D eigenvalue weighted by atomic mass is 15.3. The van der Waals surface area contributed by atoms with Gasteiger partial charge in [0, 0.05) is 25.5 Å². The van der Waals surface area contributed by atoms with Crippen LogP contribution < -0.4 is 10.6 Å². The fraction of sp³-hybridized carbons (Fsp3) is 0.583. The molecule has 2 N–H and O–H groups in total. The number of hydrogen-bond donors (Lipinski definition) is 1. The molecular weight excluding hydrogens is 228 g/mol. The zero-order valence-electron chi connectivity index (χ0n) is 10.6. The molecule has 1 saturated heterocycles. The Hall–Kier alpha value is -1.69. The molecule has 1 fully saturated rings. The van der Waals surface area contributed by atoms with E-state index in [0.717, 1.165) is 43.3 Å². The lowest BCUT2D eigenvalue weighted by molar-refractivity contribution is 0.422. The Morgan fingerprint density at radius 1 is 1.44 bits per heavy atom. The summed E-state index contributed by atoms with van der Waals surface area (Å²) in [6.07, 6.45) is 6.09. The second kappa shape index (κ2) is 4.53. The molecule has 2 aromatic rings. The van der Waals surface area contributed by atoms with E-state index >= 15 is 0 Å². The number of fused-ring (bicyclic) bond motifs is 1. The topological polar surface area (TPSA) is 72.3 Å². The predicted molar refractivity (Wildman–Crippen MR) is 69.5 cm³/mol. The van der Waals surface area contributed by atoms with Crippen LogP contribution in [0.15, 0.2) is 12.4 Å². The molecule has 0 saturated carbocycles. The van der Waals surface area contributed by atoms with Crippen LogP contribution in [0.1, 0.15) is 18.7 Å². The number of rotatable bonds is 2. The molecule has 0 radical (unpaired) electrons. The van der Waals surface area contributed by atoms with Crippen molar-refractivity contribution in [2.45, 2.75) is 19.8 Å². The van der Waals surface area contributed by atoms with Gasteiger partial charge in [-0.2, -0.15) is 0 Å². The zero-order valence-corrected chi connectivity index (χ0v) is 10.6. The summed E-state index contributed by atoms with van der Waals surface area (Å²) in [5.74, 6) is 2.38. The van der Waals surface area contributed by atoms with E-state index in [4.69, 9.17) is 5.73 Å². The van der Waals surface area contributed by atoms with Crippen LogP contribution in [0.4, 0.5) is 5.82 Å². The largest absolute Gasteiger partial charge is 0.353 e. The molecule has 0 aliphatic carbocycles. The fourth-order valence-electron chi connectivity index (χ4n) is 2.60. The summed E-state index contributed by atoms with van der Waals surface area (Å²) in [5.41, 5.74) is 6.62. The van der Waals surface area contributed by atoms with Crippen LogP contribution in [0, 0.1) is 12.8 Å². The Labute approximate surface area is 106 Å². The third-order valence-electron chi connectivity index (χ3n) is 3.63. The zero-order chi connectivity index (χ0) is 12.5. The number of piperidine rings is 1. The predicted octanol–water partition coefficient (Wildman–Crippen LogP) is 0.608. The van der Waals surface area contributed by atoms with Crippen molar-refractivity contribution < 1.29 is 0 Å². The summed E-state index contributed by atoms with van der Waals surface area (Å²) in [5, 5.41) is 8.33. The summed E-state index contributed by atoms with van der Waals surface area (Å²) < 4.78 is 1.98. The minimum Gasteiger partial charge on any atom is -0.353 e. The van der Waals surface area contributed by atoms with Crippen LogP contribution in [0.5, 0.6) is 0 Å². The molecular formula is C12H18N6. The molecule has 6 heteroatoms. The van der Waals surface area contributed by atoms with Gasteiger partial charge in [-0.05, 0) is 32.2 Å². The van der Waals surface area contributed by atoms with Gasteiger partial charge in [-0.1, -0.05) is 0 Å². The van der Waals surface area contributed by atoms with Crippen molar-refractivity contribution in [2.75, 3.05) is 24.5 Å². The molecule has 1 aliphatic rings. The average molecular weight is 246 g/mol. The van der Waals surface area contributed by atoms with Crippen molar-refractivity contribution >= 4 is 11.5 Å². The molecule has 18 heavy (non-hydrogen) atoms. The van der Waals surface area contributed by atoms with Gasteiger partial charge in [-0.15, -0.1) is 10.2 Å². The molecule has 3 heterocycles. The Morgan fingerprint density at radius 2 is 2.33 bits per heavy atom. The molecule has 0 spiro atoms. The van der Waals surface area contributed by atoms with E-state index in [2.05, 4.69) is 20.1 Å². The SMILES string of the molecule is Cc1nnc2c(N3CCCC(CN)C3)nccn12. The molecule has 0 aromatic carbocycles. The Bertz CT molecular complexity index is 548. The van der Waals surface area contributed by atoms with Crippen LogP contribution in [0.25, 0.3) is 5.65 Å². The van der Waals surface area contributed by atoms with Crippen LogP contribution >= 0.6 is 0 Å². The van der Waals surface area contributed by atoms with E-state index in [1.165, 1.54) is 6.42 Å². The molecule has 6 nitrogen and oxygen atoms in total. The van der Waals surface area contributed by atoms with Gasteiger partial charge < -0.3 is 10.6 Å². The van der Waals surface area contributed by atoms with Gasteiger partial charge >= 0.3 is 0 Å². The number of nitrogens with two attached hydrogens (primary N) is 1. The van der Waals surface area contributed by atoms with Gasteiger partial charge in [0.15, 0.2) is 5.82 Å². The summed E-state index contributed by atoms with van der Waals surface area (Å²) in [6.45, 7) is 4.68. The summed E-state index contributed by atoms with van der Waals surface area (Å²) in [7, 11) is 0. The van der Waals surface area contributed by atoms with Crippen molar-refractivity contribution in [3.8, 4) is 0 Å². The molecule has 1 aliphatic heterocycles. The van der Waals surface area contributed by atoms with Crippen molar-refractivity contribution in [3.63, 3.8) is 0 Å². The highest BCUT2D eigenvalue weighted by Gasteiger charge is 2.22. The fourth-order valence-corrected chi connectivity index (χ4v) is 2.60. The van der Waals surface area contributed by atoms with Crippen molar-refractivity contribution in [2.24, 2.45) is 11.7 Å². The van der Waals surface area contributed by atoms with Gasteiger partial charge in [-0.25, -0.2) is 4.98 Å². The third-order valence-corrected chi connectivity index (χ3v) is 3.63. The number of aryl methyl sites for hydroxylation is 1. The van der Waals surface area contributed by atoms with Crippen LogP contribution in [0.3, 0.4) is 0 Å². The van der Waals surface area contributed by atoms with Crippen LogP contribution in [-0.2, 0) is 0 Å². The lowest BCUT2D eigenvalue weighted by Crippen LogP contribution is -2.39. The Balaban J connectivity index is 1.98. The maximum Gasteiger partial charge on any atom is 0.203 e. The number of nitrogens with zero attached hydrogens (tertiary/aromatic N) is 5. The molecule has 3 rings (SSSR count). The first-order chi connectivity index (χ1) is 8.79. The van der Waals surface area contributed by atoms with Gasteiger partial charge in [0.25, 0.3) is 0 Å². The molecule has 96 valence electrons. The van der Waals surface area contributed by atoms with Crippen LogP contribution in [0.2, 0.25) is 0 Å². The summed E-state index contributed by atoms with van der Waals surface area (Å²) in [6, 6.07) is 0. The van der Waals surface area contributed by atoms with E-state index in [0.29, 0.717) is 5.92 Å². The van der Waals surface area contributed by atoms with E-state index < -0.39 is 0 Å². The van der Waals surface area contributed by atoms with Gasteiger partial charge in [0.2, 0.25) is 5.65 Å². The molecule has 0 bridgehead atoms. The first kappa shape index (κ1) is 11.4. The Morgan fingerprint density at radius 3 is 3.17 bits per heavy atom. The normalized spacial score (nSPS) is 20.6. The molecule has 1 unspecified atom stereocenters. The van der Waals surface area contributed by atoms with Crippen LogP contribution in [-0.4, -0.2) is 39.2 Å². The van der Waals surface area contributed by atoms with Gasteiger partial charge in [0.1, 0.15) is 5.82 Å². The highest BCUT2D eigenvalue weighted by molar-refractivity contribution is 5.63. The second-order valence-corrected chi connectivity index (χ2v) is 4.88. The number of aromatic nitrogens is 4. The standard InChI is InChI=1S/C12H18N6/c1-9-15-16-12-11(14-4-6-18(9)12)17-5-2-3-10(7-13)8-17/h4,6,10H,2-3,5,7-8,13H2,1H3. The minimum atomic E-state index is 0.560. The monoisotopic (exact) mass is 246 g/mol. The van der Waals surface area contributed by atoms with E-state index in [1.54, 1.807) is 0 Å².